The van der Waals surface area contributed by atoms with Crippen LogP contribution in [0.4, 0.5) is 13.2 Å². The second-order valence-electron chi connectivity index (χ2n) is 9.45. The first kappa shape index (κ1) is 26.1. The summed E-state index contributed by atoms with van der Waals surface area (Å²) in [5.41, 5.74) is -0.736. The molecule has 4 aromatic rings. The van der Waals surface area contributed by atoms with Gasteiger partial charge in [-0.15, -0.1) is 0 Å². The molecule has 202 valence electrons. The van der Waals surface area contributed by atoms with E-state index >= 15 is 0 Å². The first-order valence-corrected chi connectivity index (χ1v) is 12.4. The first-order valence-electron chi connectivity index (χ1n) is 12.4. The summed E-state index contributed by atoms with van der Waals surface area (Å²) in [6, 6.07) is 4.78. The number of benzene rings is 1. The van der Waals surface area contributed by atoms with Crippen molar-refractivity contribution in [3.63, 3.8) is 0 Å². The Balaban J connectivity index is 1.61. The molecule has 1 amide bonds. The van der Waals surface area contributed by atoms with Crippen LogP contribution in [0.2, 0.25) is 0 Å². The molecule has 2 atom stereocenters. The van der Waals surface area contributed by atoms with E-state index in [9.17, 15) is 27.9 Å². The molecule has 1 unspecified atom stereocenters. The minimum Gasteiger partial charge on any atom is -0.493 e. The number of rotatable bonds is 6. The van der Waals surface area contributed by atoms with Gasteiger partial charge in [-0.2, -0.15) is 10.1 Å². The van der Waals surface area contributed by atoms with Gasteiger partial charge in [-0.1, -0.05) is 6.92 Å². The van der Waals surface area contributed by atoms with Crippen molar-refractivity contribution in [2.24, 2.45) is 7.05 Å². The second kappa shape index (κ2) is 10.4. The van der Waals surface area contributed by atoms with Crippen molar-refractivity contribution in [1.82, 2.24) is 29.2 Å². The molecule has 5 rings (SSSR count). The van der Waals surface area contributed by atoms with E-state index in [4.69, 9.17) is 0 Å². The third kappa shape index (κ3) is 4.89. The summed E-state index contributed by atoms with van der Waals surface area (Å²) in [5, 5.41) is 14.9. The lowest BCUT2D eigenvalue weighted by Gasteiger charge is -2.24. The van der Waals surface area contributed by atoms with Crippen molar-refractivity contribution in [3.05, 3.63) is 93.5 Å². The van der Waals surface area contributed by atoms with Gasteiger partial charge in [-0.05, 0) is 42.7 Å². The Kier molecular flexibility index (Phi) is 6.94. The van der Waals surface area contributed by atoms with Gasteiger partial charge in [0, 0.05) is 44.5 Å². The van der Waals surface area contributed by atoms with Crippen LogP contribution in [0.25, 0.3) is 11.4 Å². The molecule has 0 saturated carbocycles. The van der Waals surface area contributed by atoms with E-state index in [0.717, 1.165) is 22.8 Å². The van der Waals surface area contributed by atoms with Crippen LogP contribution >= 0.6 is 0 Å². The third-order valence-electron chi connectivity index (χ3n) is 6.89. The maximum Gasteiger partial charge on any atom is 0.271 e. The number of aryl methyl sites for hydroxylation is 1. The molecule has 12 heteroatoms. The normalized spacial score (nSPS) is 16.0. The molecule has 9 nitrogen and oxygen atoms in total. The van der Waals surface area contributed by atoms with Gasteiger partial charge in [0.15, 0.2) is 11.4 Å². The summed E-state index contributed by atoms with van der Waals surface area (Å²) >= 11 is 0. The van der Waals surface area contributed by atoms with Gasteiger partial charge in [0.05, 0.1) is 23.5 Å². The van der Waals surface area contributed by atoms with Crippen LogP contribution in [0.1, 0.15) is 53.3 Å². The number of aromatic hydroxyl groups is 1. The van der Waals surface area contributed by atoms with Gasteiger partial charge in [0.25, 0.3) is 11.5 Å². The SMILES string of the molecule is CC[C@@H](c1cc(F)cc(F)c1)n1c(-c2cnn(C)c2)nc(O)c(C(=O)N2CCC(c3ncccc3F)C2)c1=O. The molecule has 1 N–H and O–H groups in total. The fraction of sp³-hybridized carbons (Fsp3) is 0.296. The van der Waals surface area contributed by atoms with E-state index in [-0.39, 0.29) is 42.5 Å². The number of carbonyl (C=O) groups excluding carboxylic acids is 1. The lowest BCUT2D eigenvalue weighted by Crippen LogP contribution is -2.38. The highest BCUT2D eigenvalue weighted by molar-refractivity contribution is 5.96. The Morgan fingerprint density at radius 3 is 2.59 bits per heavy atom. The quantitative estimate of drug-likeness (QED) is 0.401. The van der Waals surface area contributed by atoms with E-state index < -0.39 is 46.4 Å². The Bertz CT molecular complexity index is 1600. The minimum absolute atomic E-state index is 0.0199. The van der Waals surface area contributed by atoms with E-state index in [1.54, 1.807) is 20.2 Å². The number of halogens is 3. The van der Waals surface area contributed by atoms with Gasteiger partial charge in [-0.3, -0.25) is 23.8 Å². The molecule has 0 radical (unpaired) electrons. The molecule has 1 saturated heterocycles. The third-order valence-corrected chi connectivity index (χ3v) is 6.89. The van der Waals surface area contributed by atoms with Crippen LogP contribution in [0.15, 0.2) is 53.7 Å². The van der Waals surface area contributed by atoms with Crippen LogP contribution < -0.4 is 5.56 Å². The fourth-order valence-electron chi connectivity index (χ4n) is 5.10. The zero-order valence-corrected chi connectivity index (χ0v) is 21.2. The van der Waals surface area contributed by atoms with Crippen molar-refractivity contribution >= 4 is 5.91 Å². The zero-order valence-electron chi connectivity index (χ0n) is 21.2. The highest BCUT2D eigenvalue weighted by Gasteiger charge is 2.35. The number of pyridine rings is 1. The fourth-order valence-corrected chi connectivity index (χ4v) is 5.10. The highest BCUT2D eigenvalue weighted by atomic mass is 19.1. The summed E-state index contributed by atoms with van der Waals surface area (Å²) < 4.78 is 45.2. The topological polar surface area (TPSA) is 106 Å². The molecular formula is C27H25F3N6O3. The average Bonchev–Trinajstić information content (AvgIpc) is 3.55. The number of amides is 1. The summed E-state index contributed by atoms with van der Waals surface area (Å²) in [6.07, 6.45) is 5.07. The molecule has 0 aliphatic carbocycles. The Labute approximate surface area is 221 Å². The number of carbonyl (C=O) groups is 1. The molecular weight excluding hydrogens is 513 g/mol. The molecule has 1 aliphatic rings. The molecule has 39 heavy (non-hydrogen) atoms. The smallest absolute Gasteiger partial charge is 0.271 e. The van der Waals surface area contributed by atoms with Gasteiger partial charge in [0.1, 0.15) is 17.5 Å². The van der Waals surface area contributed by atoms with Gasteiger partial charge >= 0.3 is 0 Å². The number of hydrogen-bond acceptors (Lipinski definition) is 6. The van der Waals surface area contributed by atoms with E-state index in [2.05, 4.69) is 15.1 Å². The average molecular weight is 539 g/mol. The van der Waals surface area contributed by atoms with Crippen molar-refractivity contribution in [3.8, 4) is 17.3 Å². The van der Waals surface area contributed by atoms with Crippen LogP contribution in [0, 0.1) is 17.5 Å². The van der Waals surface area contributed by atoms with E-state index in [1.165, 1.54) is 34.1 Å². The zero-order chi connectivity index (χ0) is 27.8. The largest absolute Gasteiger partial charge is 0.493 e. The molecule has 0 spiro atoms. The number of hydrogen-bond donors (Lipinski definition) is 1. The Morgan fingerprint density at radius 1 is 1.21 bits per heavy atom. The van der Waals surface area contributed by atoms with Crippen LogP contribution in [-0.2, 0) is 7.05 Å². The maximum atomic E-state index is 14.3. The number of likely N-dealkylation sites (tertiary alicyclic amines) is 1. The standard InChI is InChI=1S/C27H25F3N6O3/c1-3-21(16-9-18(28)11-19(29)10-16)36-24(17-12-32-34(2)13-17)33-25(37)22(27(36)39)26(38)35-8-6-15(14-35)23-20(30)5-4-7-31-23/h4-5,7,9-13,15,21,37H,3,6,8,14H2,1-2H3/t15?,21-/m0/s1. The van der Waals surface area contributed by atoms with Gasteiger partial charge < -0.3 is 10.0 Å². The Hall–Kier alpha value is -4.48. The second-order valence-corrected chi connectivity index (χ2v) is 9.45. The number of nitrogens with zero attached hydrogens (tertiary/aromatic N) is 6. The van der Waals surface area contributed by atoms with Crippen LogP contribution in [0.5, 0.6) is 5.88 Å². The summed E-state index contributed by atoms with van der Waals surface area (Å²) in [7, 11) is 1.65. The molecule has 3 aromatic heterocycles. The predicted octanol–water partition coefficient (Wildman–Crippen LogP) is 3.79. The monoisotopic (exact) mass is 538 g/mol. The molecule has 0 bridgehead atoms. The molecule has 4 heterocycles. The van der Waals surface area contributed by atoms with Crippen LogP contribution in [-0.4, -0.2) is 53.3 Å². The van der Waals surface area contributed by atoms with Gasteiger partial charge in [0.2, 0.25) is 5.88 Å². The van der Waals surface area contributed by atoms with E-state index in [0.29, 0.717) is 12.0 Å². The minimum atomic E-state index is -0.925. The highest BCUT2D eigenvalue weighted by Crippen LogP contribution is 2.32. The van der Waals surface area contributed by atoms with E-state index in [1.807, 2.05) is 0 Å². The van der Waals surface area contributed by atoms with Crippen molar-refractivity contribution in [2.75, 3.05) is 13.1 Å². The van der Waals surface area contributed by atoms with Crippen molar-refractivity contribution in [1.29, 1.82) is 0 Å². The Morgan fingerprint density at radius 2 is 1.95 bits per heavy atom. The van der Waals surface area contributed by atoms with Crippen LogP contribution in [0.3, 0.4) is 0 Å². The predicted molar refractivity (Wildman–Crippen MR) is 135 cm³/mol. The summed E-state index contributed by atoms with van der Waals surface area (Å²) in [5.74, 6) is -4.12. The van der Waals surface area contributed by atoms with Gasteiger partial charge in [-0.25, -0.2) is 13.2 Å². The molecule has 1 aromatic carbocycles. The molecule has 1 fully saturated rings. The number of aromatic nitrogens is 5. The first-order chi connectivity index (χ1) is 18.7. The lowest BCUT2D eigenvalue weighted by atomic mass is 10.0. The summed E-state index contributed by atoms with van der Waals surface area (Å²) in [4.78, 5) is 37.2. The lowest BCUT2D eigenvalue weighted by molar-refractivity contribution is 0.0783. The maximum absolute atomic E-state index is 14.3. The van der Waals surface area contributed by atoms with Crippen molar-refractivity contribution in [2.45, 2.75) is 31.7 Å². The summed E-state index contributed by atoms with van der Waals surface area (Å²) in [6.45, 7) is 2.01. The molecule has 1 aliphatic heterocycles. The van der Waals surface area contributed by atoms with Crippen molar-refractivity contribution < 1.29 is 23.1 Å².